The number of ether oxygens (including phenoxy) is 1. The van der Waals surface area contributed by atoms with Gasteiger partial charge in [-0.05, 0) is 19.1 Å². The maximum Gasteiger partial charge on any atom is 0.418 e. The van der Waals surface area contributed by atoms with Crippen molar-refractivity contribution >= 4 is 11.9 Å². The standard InChI is InChI=1S/C11H11N3O2/c1-8-7-12-14-10(8)13-11(15)16-9-5-3-2-4-6-9/h2-7H,1H3,(H2,12,13,14,15). The fourth-order valence-electron chi connectivity index (χ4n) is 1.20. The van der Waals surface area contributed by atoms with Crippen molar-refractivity contribution in [2.24, 2.45) is 0 Å². The third kappa shape index (κ3) is 2.38. The van der Waals surface area contributed by atoms with Gasteiger partial charge in [-0.2, -0.15) is 5.10 Å². The van der Waals surface area contributed by atoms with Crippen LogP contribution in [0.4, 0.5) is 10.6 Å². The summed E-state index contributed by atoms with van der Waals surface area (Å²) in [7, 11) is 0. The van der Waals surface area contributed by atoms with Crippen LogP contribution in [0.15, 0.2) is 36.5 Å². The van der Waals surface area contributed by atoms with E-state index in [0.29, 0.717) is 11.6 Å². The lowest BCUT2D eigenvalue weighted by Gasteiger charge is -2.04. The van der Waals surface area contributed by atoms with E-state index in [9.17, 15) is 4.79 Å². The Hall–Kier alpha value is -2.30. The first-order valence-corrected chi connectivity index (χ1v) is 4.79. The Kier molecular flexibility index (Phi) is 2.86. The van der Waals surface area contributed by atoms with Crippen LogP contribution in [0.2, 0.25) is 0 Å². The third-order valence-electron chi connectivity index (χ3n) is 2.01. The predicted octanol–water partition coefficient (Wildman–Crippen LogP) is 2.33. The van der Waals surface area contributed by atoms with E-state index in [1.165, 1.54) is 0 Å². The van der Waals surface area contributed by atoms with Gasteiger partial charge in [-0.1, -0.05) is 18.2 Å². The molecule has 2 aromatic rings. The number of anilines is 1. The second-order valence-electron chi connectivity index (χ2n) is 3.26. The zero-order valence-electron chi connectivity index (χ0n) is 8.73. The molecule has 1 aromatic heterocycles. The van der Waals surface area contributed by atoms with Gasteiger partial charge < -0.3 is 4.74 Å². The Morgan fingerprint density at radius 3 is 2.75 bits per heavy atom. The van der Waals surface area contributed by atoms with Crippen LogP contribution in [0.25, 0.3) is 0 Å². The van der Waals surface area contributed by atoms with E-state index in [1.807, 2.05) is 13.0 Å². The molecule has 1 amide bonds. The van der Waals surface area contributed by atoms with Crippen LogP contribution in [0.5, 0.6) is 5.75 Å². The van der Waals surface area contributed by atoms with Crippen LogP contribution in [-0.2, 0) is 0 Å². The first-order chi connectivity index (χ1) is 7.75. The Labute approximate surface area is 92.4 Å². The second-order valence-corrected chi connectivity index (χ2v) is 3.26. The number of para-hydroxylation sites is 1. The van der Waals surface area contributed by atoms with Gasteiger partial charge in [-0.15, -0.1) is 0 Å². The summed E-state index contributed by atoms with van der Waals surface area (Å²) in [6.07, 6.45) is 1.08. The summed E-state index contributed by atoms with van der Waals surface area (Å²) < 4.78 is 5.04. The number of hydrogen-bond donors (Lipinski definition) is 2. The minimum atomic E-state index is -0.543. The number of hydrogen-bond acceptors (Lipinski definition) is 3. The van der Waals surface area contributed by atoms with Gasteiger partial charge in [0.25, 0.3) is 0 Å². The predicted molar refractivity (Wildman–Crippen MR) is 59.4 cm³/mol. The Morgan fingerprint density at radius 2 is 2.12 bits per heavy atom. The molecule has 5 nitrogen and oxygen atoms in total. The molecule has 82 valence electrons. The number of carbonyl (C=O) groups excluding carboxylic acids is 1. The van der Waals surface area contributed by atoms with E-state index >= 15 is 0 Å². The lowest BCUT2D eigenvalue weighted by Crippen LogP contribution is -2.17. The number of nitrogens with zero attached hydrogens (tertiary/aromatic N) is 1. The number of aryl methyl sites for hydroxylation is 1. The Morgan fingerprint density at radius 1 is 1.38 bits per heavy atom. The second kappa shape index (κ2) is 4.48. The average molecular weight is 217 g/mol. The molecule has 0 fully saturated rings. The number of rotatable bonds is 2. The number of aromatic nitrogens is 2. The summed E-state index contributed by atoms with van der Waals surface area (Å²) >= 11 is 0. The zero-order valence-corrected chi connectivity index (χ0v) is 8.73. The first-order valence-electron chi connectivity index (χ1n) is 4.79. The molecule has 0 radical (unpaired) electrons. The molecule has 1 heterocycles. The molecule has 0 spiro atoms. The van der Waals surface area contributed by atoms with Crippen molar-refractivity contribution < 1.29 is 9.53 Å². The quantitative estimate of drug-likeness (QED) is 0.811. The highest BCUT2D eigenvalue weighted by Gasteiger charge is 2.07. The average Bonchev–Trinajstić information content (AvgIpc) is 2.66. The number of aromatic amines is 1. The SMILES string of the molecule is Cc1cn[nH]c1NC(=O)Oc1ccccc1. The highest BCUT2D eigenvalue weighted by Crippen LogP contribution is 2.12. The summed E-state index contributed by atoms with van der Waals surface area (Å²) in [5.74, 6) is 1.04. The van der Waals surface area contributed by atoms with Gasteiger partial charge in [0.05, 0.1) is 6.20 Å². The number of nitrogens with one attached hydrogen (secondary N) is 2. The van der Waals surface area contributed by atoms with Crippen molar-refractivity contribution in [3.05, 3.63) is 42.1 Å². The molecule has 1 aromatic carbocycles. The summed E-state index contributed by atoms with van der Waals surface area (Å²) in [4.78, 5) is 11.5. The third-order valence-corrected chi connectivity index (χ3v) is 2.01. The van der Waals surface area contributed by atoms with Crippen molar-refractivity contribution in [2.45, 2.75) is 6.92 Å². The van der Waals surface area contributed by atoms with Gasteiger partial charge in [-0.25, -0.2) is 4.79 Å². The molecule has 5 heteroatoms. The molecular formula is C11H11N3O2. The van der Waals surface area contributed by atoms with Gasteiger partial charge in [0, 0.05) is 5.56 Å². The molecule has 0 aliphatic rings. The molecule has 0 unspecified atom stereocenters. The first kappa shape index (κ1) is 10.2. The number of benzene rings is 1. The molecule has 0 saturated heterocycles. The van der Waals surface area contributed by atoms with Crippen LogP contribution in [-0.4, -0.2) is 16.3 Å². The molecule has 2 N–H and O–H groups in total. The fraction of sp³-hybridized carbons (Fsp3) is 0.0909. The maximum absolute atomic E-state index is 11.5. The molecule has 2 rings (SSSR count). The lowest BCUT2D eigenvalue weighted by atomic mass is 10.3. The van der Waals surface area contributed by atoms with Crippen LogP contribution >= 0.6 is 0 Å². The highest BCUT2D eigenvalue weighted by atomic mass is 16.6. The van der Waals surface area contributed by atoms with Crippen molar-refractivity contribution in [3.8, 4) is 5.75 Å². The fourth-order valence-corrected chi connectivity index (χ4v) is 1.20. The van der Waals surface area contributed by atoms with Crippen molar-refractivity contribution in [1.82, 2.24) is 10.2 Å². The monoisotopic (exact) mass is 217 g/mol. The van der Waals surface area contributed by atoms with Crippen molar-refractivity contribution in [1.29, 1.82) is 0 Å². The summed E-state index contributed by atoms with van der Waals surface area (Å²) in [6, 6.07) is 8.86. The van der Waals surface area contributed by atoms with Crippen LogP contribution in [0, 0.1) is 6.92 Å². The van der Waals surface area contributed by atoms with Crippen molar-refractivity contribution in [2.75, 3.05) is 5.32 Å². The molecular weight excluding hydrogens is 206 g/mol. The topological polar surface area (TPSA) is 67.0 Å². The van der Waals surface area contributed by atoms with E-state index < -0.39 is 6.09 Å². The summed E-state index contributed by atoms with van der Waals surface area (Å²) in [5, 5.41) is 9.01. The molecule has 16 heavy (non-hydrogen) atoms. The largest absolute Gasteiger partial charge is 0.418 e. The van der Waals surface area contributed by atoms with Gasteiger partial charge in [-0.3, -0.25) is 10.4 Å². The molecule has 0 atom stereocenters. The lowest BCUT2D eigenvalue weighted by molar-refractivity contribution is 0.215. The van der Waals surface area contributed by atoms with E-state index in [2.05, 4.69) is 15.5 Å². The van der Waals surface area contributed by atoms with E-state index in [0.717, 1.165) is 5.56 Å². The molecule has 0 aliphatic carbocycles. The van der Waals surface area contributed by atoms with Crippen molar-refractivity contribution in [3.63, 3.8) is 0 Å². The summed E-state index contributed by atoms with van der Waals surface area (Å²) in [5.41, 5.74) is 0.852. The normalized spacial score (nSPS) is 9.81. The Bertz CT molecular complexity index is 479. The van der Waals surface area contributed by atoms with E-state index in [1.54, 1.807) is 30.5 Å². The van der Waals surface area contributed by atoms with E-state index in [-0.39, 0.29) is 0 Å². The molecule has 0 bridgehead atoms. The van der Waals surface area contributed by atoms with Crippen LogP contribution in [0.3, 0.4) is 0 Å². The molecule has 0 saturated carbocycles. The highest BCUT2D eigenvalue weighted by molar-refractivity contribution is 5.85. The van der Waals surface area contributed by atoms with E-state index in [4.69, 9.17) is 4.74 Å². The van der Waals surface area contributed by atoms with Gasteiger partial charge in [0.2, 0.25) is 0 Å². The van der Waals surface area contributed by atoms with Gasteiger partial charge in [0.1, 0.15) is 11.6 Å². The molecule has 0 aliphatic heterocycles. The number of amides is 1. The van der Waals surface area contributed by atoms with Gasteiger partial charge >= 0.3 is 6.09 Å². The minimum absolute atomic E-state index is 0.497. The zero-order chi connectivity index (χ0) is 11.4. The Balaban J connectivity index is 1.98. The summed E-state index contributed by atoms with van der Waals surface area (Å²) in [6.45, 7) is 1.83. The maximum atomic E-state index is 11.5. The smallest absolute Gasteiger partial charge is 0.410 e. The minimum Gasteiger partial charge on any atom is -0.410 e. The number of H-pyrrole nitrogens is 1. The van der Waals surface area contributed by atoms with Gasteiger partial charge in [0.15, 0.2) is 0 Å². The van der Waals surface area contributed by atoms with Crippen LogP contribution in [0.1, 0.15) is 5.56 Å². The van der Waals surface area contributed by atoms with Crippen LogP contribution < -0.4 is 10.1 Å². The number of carbonyl (C=O) groups is 1.